The lowest BCUT2D eigenvalue weighted by molar-refractivity contribution is 0.0697. The molecule has 2 saturated heterocycles. The summed E-state index contributed by atoms with van der Waals surface area (Å²) >= 11 is 12.1. The van der Waals surface area contributed by atoms with E-state index in [9.17, 15) is 9.90 Å². The van der Waals surface area contributed by atoms with Crippen molar-refractivity contribution in [2.45, 2.75) is 31.0 Å². The summed E-state index contributed by atoms with van der Waals surface area (Å²) in [5, 5.41) is 13.8. The van der Waals surface area contributed by atoms with Crippen LogP contribution in [0.15, 0.2) is 59.1 Å². The standard InChI is InChI=1S/C24H22ClN3O4S/c25-17-7-6-14(23(29)30)12-16(17)19-8-9-20(32-19)22-21(18-5-1-2-10-26-18)27-24(33)28(22)13-15-4-3-11-31-15/h1-2,5-10,12,15,21-22H,3-4,11,13H2,(H,27,33)(H,29,30)/t15-,21+,22-/m0/s1. The van der Waals surface area contributed by atoms with Gasteiger partial charge in [0.05, 0.1) is 28.4 Å². The van der Waals surface area contributed by atoms with Crippen molar-refractivity contribution in [1.82, 2.24) is 15.2 Å². The molecule has 1 aromatic carbocycles. The number of thiocarbonyl (C=S) groups is 1. The molecule has 0 aliphatic carbocycles. The SMILES string of the molecule is O=C(O)c1ccc(Cl)c(-c2ccc([C@H]3[C@@H](c4ccccn4)NC(=S)N3C[C@@H]3CCCO3)o2)c1. The Labute approximate surface area is 201 Å². The van der Waals surface area contributed by atoms with Gasteiger partial charge in [0.2, 0.25) is 0 Å². The summed E-state index contributed by atoms with van der Waals surface area (Å²) in [6.07, 6.45) is 3.88. The fourth-order valence-corrected chi connectivity index (χ4v) is 4.95. The molecule has 3 atom stereocenters. The number of nitrogens with zero attached hydrogens (tertiary/aromatic N) is 2. The molecule has 2 aliphatic rings. The van der Waals surface area contributed by atoms with Gasteiger partial charge in [-0.1, -0.05) is 17.7 Å². The van der Waals surface area contributed by atoms with Crippen LogP contribution in [0, 0.1) is 0 Å². The number of aromatic nitrogens is 1. The van der Waals surface area contributed by atoms with Crippen LogP contribution in [0.1, 0.15) is 46.7 Å². The minimum absolute atomic E-state index is 0.103. The molecular formula is C24H22ClN3O4S. The van der Waals surface area contributed by atoms with Crippen molar-refractivity contribution in [3.63, 3.8) is 0 Å². The molecule has 170 valence electrons. The molecule has 9 heteroatoms. The molecule has 0 amide bonds. The number of benzene rings is 1. The zero-order valence-electron chi connectivity index (χ0n) is 17.6. The number of carbonyl (C=O) groups is 1. The summed E-state index contributed by atoms with van der Waals surface area (Å²) < 4.78 is 12.1. The predicted molar refractivity (Wildman–Crippen MR) is 127 cm³/mol. The predicted octanol–water partition coefficient (Wildman–Crippen LogP) is 4.84. The molecule has 0 radical (unpaired) electrons. The van der Waals surface area contributed by atoms with E-state index >= 15 is 0 Å². The van der Waals surface area contributed by atoms with Gasteiger partial charge in [0.15, 0.2) is 5.11 Å². The molecule has 0 unspecified atom stereocenters. The topological polar surface area (TPSA) is 87.8 Å². The summed E-state index contributed by atoms with van der Waals surface area (Å²) in [7, 11) is 0. The molecule has 7 nitrogen and oxygen atoms in total. The molecule has 2 N–H and O–H groups in total. The van der Waals surface area contributed by atoms with Crippen LogP contribution in [-0.4, -0.2) is 45.3 Å². The molecule has 4 heterocycles. The van der Waals surface area contributed by atoms with Crippen LogP contribution in [0.3, 0.4) is 0 Å². The first-order valence-electron chi connectivity index (χ1n) is 10.7. The number of aromatic carboxylic acids is 1. The Morgan fingerprint density at radius 1 is 1.27 bits per heavy atom. The Kier molecular flexibility index (Phi) is 6.05. The number of furan rings is 1. The molecule has 33 heavy (non-hydrogen) atoms. The maximum Gasteiger partial charge on any atom is 0.335 e. The van der Waals surface area contributed by atoms with Crippen LogP contribution < -0.4 is 5.32 Å². The Morgan fingerprint density at radius 3 is 2.88 bits per heavy atom. The Hall–Kier alpha value is -2.94. The zero-order chi connectivity index (χ0) is 22.9. The van der Waals surface area contributed by atoms with Crippen LogP contribution in [0.5, 0.6) is 0 Å². The summed E-state index contributed by atoms with van der Waals surface area (Å²) in [5.74, 6) is 0.151. The number of ether oxygens (including phenoxy) is 1. The first-order chi connectivity index (χ1) is 16.0. The maximum absolute atomic E-state index is 11.4. The van der Waals surface area contributed by atoms with Crippen molar-refractivity contribution in [2.24, 2.45) is 0 Å². The van der Waals surface area contributed by atoms with E-state index in [4.69, 9.17) is 33.0 Å². The first kappa shape index (κ1) is 21.9. The van der Waals surface area contributed by atoms with E-state index in [1.165, 1.54) is 12.1 Å². The summed E-state index contributed by atoms with van der Waals surface area (Å²) in [4.78, 5) is 18.1. The third-order valence-electron chi connectivity index (χ3n) is 6.02. The van der Waals surface area contributed by atoms with E-state index in [-0.39, 0.29) is 23.8 Å². The molecule has 2 fully saturated rings. The highest BCUT2D eigenvalue weighted by Crippen LogP contribution is 2.41. The molecule has 5 rings (SSSR count). The largest absolute Gasteiger partial charge is 0.478 e. The Morgan fingerprint density at radius 2 is 2.15 bits per heavy atom. The number of hydrogen-bond donors (Lipinski definition) is 2. The Balaban J connectivity index is 1.53. The Bertz CT molecular complexity index is 1180. The third-order valence-corrected chi connectivity index (χ3v) is 6.70. The third kappa shape index (κ3) is 4.34. The molecule has 3 aromatic rings. The van der Waals surface area contributed by atoms with E-state index in [0.29, 0.717) is 33.8 Å². The second kappa shape index (κ2) is 9.13. The first-order valence-corrected chi connectivity index (χ1v) is 11.5. The van der Waals surface area contributed by atoms with Crippen LogP contribution in [-0.2, 0) is 4.74 Å². The van der Waals surface area contributed by atoms with E-state index in [1.54, 1.807) is 12.3 Å². The monoisotopic (exact) mass is 483 g/mol. The van der Waals surface area contributed by atoms with Crippen LogP contribution in [0.25, 0.3) is 11.3 Å². The van der Waals surface area contributed by atoms with Crippen molar-refractivity contribution in [1.29, 1.82) is 0 Å². The number of halogens is 1. The van der Waals surface area contributed by atoms with Gasteiger partial charge in [0.1, 0.15) is 17.6 Å². The average molecular weight is 484 g/mol. The maximum atomic E-state index is 11.4. The summed E-state index contributed by atoms with van der Waals surface area (Å²) in [6.45, 7) is 1.40. The van der Waals surface area contributed by atoms with E-state index < -0.39 is 5.97 Å². The van der Waals surface area contributed by atoms with Gasteiger partial charge in [-0.3, -0.25) is 4.98 Å². The second-order valence-electron chi connectivity index (χ2n) is 8.12. The lowest BCUT2D eigenvalue weighted by Gasteiger charge is -2.28. The summed E-state index contributed by atoms with van der Waals surface area (Å²) in [6, 6.07) is 13.6. The van der Waals surface area contributed by atoms with Crippen LogP contribution in [0.4, 0.5) is 0 Å². The quantitative estimate of drug-likeness (QED) is 0.481. The zero-order valence-corrected chi connectivity index (χ0v) is 19.2. The molecule has 2 aromatic heterocycles. The van der Waals surface area contributed by atoms with Crippen molar-refractivity contribution in [3.8, 4) is 11.3 Å². The highest BCUT2D eigenvalue weighted by Gasteiger charge is 2.43. The van der Waals surface area contributed by atoms with Crippen LogP contribution in [0.2, 0.25) is 5.02 Å². The molecule has 0 saturated carbocycles. The van der Waals surface area contributed by atoms with Crippen molar-refractivity contribution >= 4 is 34.9 Å². The number of nitrogens with one attached hydrogen (secondary N) is 1. The smallest absolute Gasteiger partial charge is 0.335 e. The van der Waals surface area contributed by atoms with Gasteiger partial charge in [-0.05, 0) is 67.5 Å². The van der Waals surface area contributed by atoms with Crippen molar-refractivity contribution in [3.05, 3.63) is 76.8 Å². The number of pyridine rings is 1. The normalized spacial score (nSPS) is 22.5. The average Bonchev–Trinajstić information content (AvgIpc) is 3.56. The molecule has 0 bridgehead atoms. The van der Waals surface area contributed by atoms with Gasteiger partial charge in [-0.2, -0.15) is 0 Å². The number of carboxylic acid groups (broad SMARTS) is 1. The number of carboxylic acids is 1. The van der Waals surface area contributed by atoms with E-state index in [1.807, 2.05) is 30.3 Å². The van der Waals surface area contributed by atoms with Gasteiger partial charge in [0.25, 0.3) is 0 Å². The van der Waals surface area contributed by atoms with Gasteiger partial charge >= 0.3 is 5.97 Å². The number of rotatable bonds is 6. The molecule has 0 spiro atoms. The fourth-order valence-electron chi connectivity index (χ4n) is 4.42. The van der Waals surface area contributed by atoms with Crippen molar-refractivity contribution < 1.29 is 19.1 Å². The minimum atomic E-state index is -1.03. The van der Waals surface area contributed by atoms with Crippen LogP contribution >= 0.6 is 23.8 Å². The van der Waals surface area contributed by atoms with Crippen molar-refractivity contribution in [2.75, 3.05) is 13.2 Å². The van der Waals surface area contributed by atoms with E-state index in [0.717, 1.165) is 25.1 Å². The molecule has 2 aliphatic heterocycles. The number of hydrogen-bond acceptors (Lipinski definition) is 5. The minimum Gasteiger partial charge on any atom is -0.478 e. The van der Waals surface area contributed by atoms with Gasteiger partial charge in [0, 0.05) is 24.9 Å². The summed E-state index contributed by atoms with van der Waals surface area (Å²) in [5.41, 5.74) is 1.52. The fraction of sp³-hybridized carbons (Fsp3) is 0.292. The lowest BCUT2D eigenvalue weighted by Crippen LogP contribution is -2.36. The van der Waals surface area contributed by atoms with Gasteiger partial charge in [-0.25, -0.2) is 4.79 Å². The highest BCUT2D eigenvalue weighted by molar-refractivity contribution is 7.80. The second-order valence-corrected chi connectivity index (χ2v) is 8.91. The van der Waals surface area contributed by atoms with Gasteiger partial charge < -0.3 is 24.5 Å². The van der Waals surface area contributed by atoms with E-state index in [2.05, 4.69) is 15.2 Å². The lowest BCUT2D eigenvalue weighted by atomic mass is 10.0. The van der Waals surface area contributed by atoms with Gasteiger partial charge in [-0.15, -0.1) is 0 Å². The highest BCUT2D eigenvalue weighted by atomic mass is 35.5. The molecular weight excluding hydrogens is 462 g/mol.